The third-order valence-electron chi connectivity index (χ3n) is 3.68. The third-order valence-corrected chi connectivity index (χ3v) is 4.21. The molecule has 0 aliphatic rings. The number of ether oxygens (including phenoxy) is 1. The fraction of sp³-hybridized carbons (Fsp3) is 0.263. The van der Waals surface area contributed by atoms with Gasteiger partial charge >= 0.3 is 12.1 Å². The number of aliphatic hydroxyl groups excluding tert-OH is 1. The maximum atomic E-state index is 10.6. The summed E-state index contributed by atoms with van der Waals surface area (Å²) in [5.41, 5.74) is 1.92. The minimum absolute atomic E-state index is 0.133. The van der Waals surface area contributed by atoms with E-state index >= 15 is 0 Å². The Morgan fingerprint density at radius 2 is 1.90 bits per heavy atom. The number of carboxylic acids is 1. The Labute approximate surface area is 184 Å². The van der Waals surface area contributed by atoms with Crippen molar-refractivity contribution in [2.24, 2.45) is 0 Å². The molecule has 0 fully saturated rings. The van der Waals surface area contributed by atoms with Gasteiger partial charge in [-0.3, -0.25) is 0 Å². The summed E-state index contributed by atoms with van der Waals surface area (Å²) in [4.78, 5) is 16.6. The van der Waals surface area contributed by atoms with Gasteiger partial charge in [0.2, 0.25) is 0 Å². The first-order chi connectivity index (χ1) is 14.6. The molecule has 12 heteroatoms. The van der Waals surface area contributed by atoms with Gasteiger partial charge in [0.1, 0.15) is 24.3 Å². The van der Waals surface area contributed by atoms with Crippen molar-refractivity contribution in [3.63, 3.8) is 0 Å². The Hall–Kier alpha value is -2.53. The smallest absolute Gasteiger partial charge is 0.489 e. The van der Waals surface area contributed by atoms with E-state index in [1.165, 1.54) is 0 Å². The van der Waals surface area contributed by atoms with Crippen LogP contribution in [-0.2, 0) is 11.3 Å². The van der Waals surface area contributed by atoms with Crippen molar-refractivity contribution in [3.8, 4) is 5.75 Å². The molecule has 4 N–H and O–H groups in total. The van der Waals surface area contributed by atoms with Crippen LogP contribution in [0.15, 0.2) is 42.5 Å². The van der Waals surface area contributed by atoms with Crippen molar-refractivity contribution in [2.45, 2.75) is 18.8 Å². The van der Waals surface area contributed by atoms with Crippen LogP contribution >= 0.6 is 23.2 Å². The van der Waals surface area contributed by atoms with E-state index < -0.39 is 18.2 Å². The molecule has 3 rings (SSSR count). The fourth-order valence-corrected chi connectivity index (χ4v) is 2.75. The average molecular weight is 480 g/mol. The van der Waals surface area contributed by atoms with Crippen molar-refractivity contribution >= 4 is 40.2 Å². The molecule has 1 atom stereocenters. The van der Waals surface area contributed by atoms with Crippen molar-refractivity contribution in [2.75, 3.05) is 13.2 Å². The number of hydrogen-bond donors (Lipinski definition) is 4. The van der Waals surface area contributed by atoms with Gasteiger partial charge in [-0.2, -0.15) is 13.2 Å². The standard InChI is InChI=1S/C17H17Cl2N3O2.C2HF3O2/c18-11-5-6-16(13(19)7-11)24-10-12(23)8-20-9-17-21-14-3-1-2-4-15(14)22-17;3-2(4,5)1(6)7/h1-7,12,20,23H,8-10H2,(H,21,22);(H,6,7). The number of nitrogens with one attached hydrogen (secondary N) is 2. The molecule has 1 unspecified atom stereocenters. The van der Waals surface area contributed by atoms with Gasteiger partial charge in [0.25, 0.3) is 0 Å². The molecule has 31 heavy (non-hydrogen) atoms. The summed E-state index contributed by atoms with van der Waals surface area (Å²) in [5.74, 6) is -1.44. The molecule has 0 aliphatic heterocycles. The molecule has 3 aromatic rings. The minimum atomic E-state index is -5.08. The fourth-order valence-electron chi connectivity index (χ4n) is 2.28. The number of fused-ring (bicyclic) bond motifs is 1. The molecular formula is C19H18Cl2F3N3O4. The maximum Gasteiger partial charge on any atom is 0.490 e. The van der Waals surface area contributed by atoms with E-state index in [4.69, 9.17) is 37.8 Å². The summed E-state index contributed by atoms with van der Waals surface area (Å²) in [5, 5.41) is 21.2. The predicted molar refractivity (Wildman–Crippen MR) is 109 cm³/mol. The lowest BCUT2D eigenvalue weighted by Crippen LogP contribution is -2.31. The second kappa shape index (κ2) is 11.2. The number of aromatic nitrogens is 2. The molecule has 0 amide bonds. The van der Waals surface area contributed by atoms with E-state index in [0.717, 1.165) is 16.9 Å². The number of benzene rings is 2. The molecular weight excluding hydrogens is 462 g/mol. The van der Waals surface area contributed by atoms with Gasteiger partial charge in [0.15, 0.2) is 0 Å². The van der Waals surface area contributed by atoms with Crippen LogP contribution in [0.3, 0.4) is 0 Å². The molecule has 0 spiro atoms. The van der Waals surface area contributed by atoms with Crippen LogP contribution in [-0.4, -0.2) is 51.6 Å². The van der Waals surface area contributed by atoms with Crippen LogP contribution in [0, 0.1) is 0 Å². The molecule has 1 heterocycles. The number of aliphatic carboxylic acids is 1. The number of para-hydroxylation sites is 2. The number of hydrogen-bond acceptors (Lipinski definition) is 5. The Morgan fingerprint density at radius 3 is 2.52 bits per heavy atom. The number of imidazole rings is 1. The third kappa shape index (κ3) is 8.25. The zero-order chi connectivity index (χ0) is 23.0. The number of H-pyrrole nitrogens is 1. The van der Waals surface area contributed by atoms with Crippen molar-refractivity contribution in [1.29, 1.82) is 0 Å². The summed E-state index contributed by atoms with van der Waals surface area (Å²) in [7, 11) is 0. The maximum absolute atomic E-state index is 10.6. The van der Waals surface area contributed by atoms with Gasteiger partial charge in [-0.1, -0.05) is 35.3 Å². The first kappa shape index (κ1) is 24.7. The normalized spacial score (nSPS) is 12.2. The lowest BCUT2D eigenvalue weighted by Gasteiger charge is -2.13. The highest BCUT2D eigenvalue weighted by molar-refractivity contribution is 6.35. The van der Waals surface area contributed by atoms with Gasteiger partial charge in [0, 0.05) is 11.6 Å². The highest BCUT2D eigenvalue weighted by Crippen LogP contribution is 2.27. The van der Waals surface area contributed by atoms with Crippen LogP contribution in [0.5, 0.6) is 5.75 Å². The van der Waals surface area contributed by atoms with Gasteiger partial charge in [-0.25, -0.2) is 9.78 Å². The average Bonchev–Trinajstić information content (AvgIpc) is 3.10. The number of alkyl halides is 3. The second-order valence-electron chi connectivity index (χ2n) is 6.17. The Bertz CT molecular complexity index is 981. The molecule has 0 bridgehead atoms. The molecule has 0 radical (unpaired) electrons. The summed E-state index contributed by atoms with van der Waals surface area (Å²) >= 11 is 11.8. The van der Waals surface area contributed by atoms with Gasteiger partial charge in [0.05, 0.1) is 22.6 Å². The van der Waals surface area contributed by atoms with E-state index in [9.17, 15) is 18.3 Å². The van der Waals surface area contributed by atoms with Crippen LogP contribution in [0.4, 0.5) is 13.2 Å². The van der Waals surface area contributed by atoms with E-state index in [-0.39, 0.29) is 6.61 Å². The summed E-state index contributed by atoms with van der Waals surface area (Å²) in [6.45, 7) is 1.05. The largest absolute Gasteiger partial charge is 0.490 e. The lowest BCUT2D eigenvalue weighted by atomic mass is 10.3. The van der Waals surface area contributed by atoms with Crippen molar-refractivity contribution < 1.29 is 32.9 Å². The first-order valence-electron chi connectivity index (χ1n) is 8.76. The van der Waals surface area contributed by atoms with Crippen molar-refractivity contribution in [3.05, 3.63) is 58.3 Å². The second-order valence-corrected chi connectivity index (χ2v) is 7.02. The Morgan fingerprint density at radius 1 is 1.23 bits per heavy atom. The van der Waals surface area contributed by atoms with E-state index in [0.29, 0.717) is 28.9 Å². The van der Waals surface area contributed by atoms with E-state index in [1.54, 1.807) is 18.2 Å². The number of aromatic amines is 1. The summed E-state index contributed by atoms with van der Waals surface area (Å²) in [6, 6.07) is 12.8. The number of carboxylic acid groups (broad SMARTS) is 1. The van der Waals surface area contributed by atoms with Crippen LogP contribution in [0.2, 0.25) is 10.0 Å². The Kier molecular flexibility index (Phi) is 8.93. The van der Waals surface area contributed by atoms with Crippen LogP contribution in [0.25, 0.3) is 11.0 Å². The SMILES string of the molecule is O=C(O)C(F)(F)F.OC(CNCc1nc2ccccc2[nH]1)COc1ccc(Cl)cc1Cl. The summed E-state index contributed by atoms with van der Waals surface area (Å²) in [6.07, 6.45) is -5.75. The molecule has 168 valence electrons. The molecule has 0 aliphatic carbocycles. The van der Waals surface area contributed by atoms with Gasteiger partial charge in [-0.15, -0.1) is 0 Å². The molecule has 1 aromatic heterocycles. The Balaban J connectivity index is 0.000000423. The topological polar surface area (TPSA) is 107 Å². The van der Waals surface area contributed by atoms with Gasteiger partial charge in [-0.05, 0) is 30.3 Å². The highest BCUT2D eigenvalue weighted by Gasteiger charge is 2.38. The number of halogens is 5. The highest BCUT2D eigenvalue weighted by atomic mass is 35.5. The molecule has 7 nitrogen and oxygen atoms in total. The molecule has 0 saturated carbocycles. The molecule has 0 saturated heterocycles. The number of carbonyl (C=O) groups is 1. The number of rotatable bonds is 7. The van der Waals surface area contributed by atoms with Crippen molar-refractivity contribution in [1.82, 2.24) is 15.3 Å². The monoisotopic (exact) mass is 479 g/mol. The quantitative estimate of drug-likeness (QED) is 0.407. The van der Waals surface area contributed by atoms with Crippen LogP contribution < -0.4 is 10.1 Å². The lowest BCUT2D eigenvalue weighted by molar-refractivity contribution is -0.192. The minimum Gasteiger partial charge on any atom is -0.489 e. The molecule has 2 aromatic carbocycles. The van der Waals surface area contributed by atoms with Crippen LogP contribution in [0.1, 0.15) is 5.82 Å². The first-order valence-corrected chi connectivity index (χ1v) is 9.52. The zero-order valence-corrected chi connectivity index (χ0v) is 17.3. The van der Waals surface area contributed by atoms with E-state index in [1.807, 2.05) is 24.3 Å². The van der Waals surface area contributed by atoms with Gasteiger partial charge < -0.3 is 25.3 Å². The zero-order valence-electron chi connectivity index (χ0n) is 15.8. The number of nitrogens with zero attached hydrogens (tertiary/aromatic N) is 1. The number of aliphatic hydroxyl groups is 1. The summed E-state index contributed by atoms with van der Waals surface area (Å²) < 4.78 is 37.2. The predicted octanol–water partition coefficient (Wildman–Crippen LogP) is 4.03. The van der Waals surface area contributed by atoms with E-state index in [2.05, 4.69) is 15.3 Å².